The zero-order valence-corrected chi connectivity index (χ0v) is 14.7. The molecule has 1 N–H and O–H groups in total. The van der Waals surface area contributed by atoms with Gasteiger partial charge >= 0.3 is 0 Å². The summed E-state index contributed by atoms with van der Waals surface area (Å²) in [7, 11) is 0. The summed E-state index contributed by atoms with van der Waals surface area (Å²) >= 11 is 1.58. The minimum absolute atomic E-state index is 0.230. The molecule has 1 aliphatic heterocycles. The lowest BCUT2D eigenvalue weighted by Crippen LogP contribution is -2.47. The van der Waals surface area contributed by atoms with Gasteiger partial charge in [-0.05, 0) is 62.6 Å². The smallest absolute Gasteiger partial charge is 0.279 e. The van der Waals surface area contributed by atoms with Crippen molar-refractivity contribution in [1.82, 2.24) is 10.3 Å². The van der Waals surface area contributed by atoms with Gasteiger partial charge in [-0.15, -0.1) is 0 Å². The van der Waals surface area contributed by atoms with Crippen LogP contribution in [0.5, 0.6) is 10.9 Å². The Bertz CT molecular complexity index is 786. The fourth-order valence-electron chi connectivity index (χ4n) is 3.39. The van der Waals surface area contributed by atoms with Gasteiger partial charge in [-0.25, -0.2) is 4.98 Å². The highest BCUT2D eigenvalue weighted by molar-refractivity contribution is 7.20. The van der Waals surface area contributed by atoms with Gasteiger partial charge in [-0.1, -0.05) is 42.0 Å². The molecule has 0 radical (unpaired) electrons. The normalized spacial score (nSPS) is 21.0. The maximum Gasteiger partial charge on any atom is 0.279 e. The van der Waals surface area contributed by atoms with E-state index in [9.17, 15) is 0 Å². The maximum atomic E-state index is 5.93. The number of ether oxygens (including phenoxy) is 1. The standard InChI is InChI=1S/C20H22N2OS/c1-20(12-4-5-13-21-20)14-15-8-10-16(11-9-15)23-19-22-17-6-2-3-7-18(17)24-19/h2-3,6-11,21H,4-5,12-14H2,1H3. The molecule has 0 spiro atoms. The third kappa shape index (κ3) is 3.45. The minimum atomic E-state index is 0.230. The third-order valence-corrected chi connectivity index (χ3v) is 5.62. The Morgan fingerprint density at radius 3 is 2.71 bits per heavy atom. The molecule has 0 aliphatic carbocycles. The van der Waals surface area contributed by atoms with Gasteiger partial charge in [-0.2, -0.15) is 0 Å². The van der Waals surface area contributed by atoms with Crippen LogP contribution in [0.1, 0.15) is 31.7 Å². The van der Waals surface area contributed by atoms with E-state index in [0.717, 1.165) is 28.9 Å². The number of para-hydroxylation sites is 1. The van der Waals surface area contributed by atoms with E-state index in [2.05, 4.69) is 35.4 Å². The van der Waals surface area contributed by atoms with Crippen LogP contribution in [0.25, 0.3) is 10.2 Å². The van der Waals surface area contributed by atoms with Crippen LogP contribution in [0.15, 0.2) is 48.5 Å². The molecule has 0 bridgehead atoms. The molecule has 1 unspecified atom stereocenters. The molecule has 1 aromatic heterocycles. The van der Waals surface area contributed by atoms with Gasteiger partial charge < -0.3 is 10.1 Å². The van der Waals surface area contributed by atoms with Crippen LogP contribution in [0.4, 0.5) is 0 Å². The molecule has 1 aliphatic rings. The lowest BCUT2D eigenvalue weighted by Gasteiger charge is -2.35. The van der Waals surface area contributed by atoms with Crippen molar-refractivity contribution < 1.29 is 4.74 Å². The summed E-state index contributed by atoms with van der Waals surface area (Å²) in [5.74, 6) is 0.847. The Morgan fingerprint density at radius 1 is 1.12 bits per heavy atom. The molecule has 24 heavy (non-hydrogen) atoms. The van der Waals surface area contributed by atoms with Crippen molar-refractivity contribution in [2.75, 3.05) is 6.54 Å². The van der Waals surface area contributed by atoms with E-state index in [1.807, 2.05) is 30.3 Å². The average Bonchev–Trinajstić information content (AvgIpc) is 2.99. The van der Waals surface area contributed by atoms with E-state index in [4.69, 9.17) is 4.74 Å². The third-order valence-electron chi connectivity index (χ3n) is 4.70. The molecule has 124 valence electrons. The number of nitrogens with zero attached hydrogens (tertiary/aromatic N) is 1. The van der Waals surface area contributed by atoms with Crippen LogP contribution >= 0.6 is 11.3 Å². The lowest BCUT2D eigenvalue weighted by molar-refractivity contribution is 0.276. The molecule has 3 aromatic rings. The average molecular weight is 338 g/mol. The van der Waals surface area contributed by atoms with Crippen molar-refractivity contribution in [3.05, 3.63) is 54.1 Å². The SMILES string of the molecule is CC1(Cc2ccc(Oc3nc4ccccc4s3)cc2)CCCCN1. The summed E-state index contributed by atoms with van der Waals surface area (Å²) in [5, 5.41) is 4.37. The molecule has 1 atom stereocenters. The van der Waals surface area contributed by atoms with E-state index in [1.54, 1.807) is 11.3 Å². The maximum absolute atomic E-state index is 5.93. The molecule has 1 fully saturated rings. The second-order valence-electron chi connectivity index (χ2n) is 6.81. The van der Waals surface area contributed by atoms with Crippen molar-refractivity contribution in [2.24, 2.45) is 0 Å². The largest absolute Gasteiger partial charge is 0.431 e. The molecule has 4 heteroatoms. The highest BCUT2D eigenvalue weighted by atomic mass is 32.1. The van der Waals surface area contributed by atoms with Gasteiger partial charge in [0.2, 0.25) is 0 Å². The molecule has 2 heterocycles. The predicted molar refractivity (Wildman–Crippen MR) is 100 cm³/mol. The molecule has 4 rings (SSSR count). The van der Waals surface area contributed by atoms with Crippen molar-refractivity contribution in [3.63, 3.8) is 0 Å². The summed E-state index contributed by atoms with van der Waals surface area (Å²) < 4.78 is 7.08. The Morgan fingerprint density at radius 2 is 1.96 bits per heavy atom. The number of fused-ring (bicyclic) bond motifs is 1. The van der Waals surface area contributed by atoms with Crippen LogP contribution in [-0.4, -0.2) is 17.1 Å². The molecule has 0 amide bonds. The number of benzene rings is 2. The zero-order chi connectivity index (χ0) is 16.4. The van der Waals surface area contributed by atoms with Crippen LogP contribution in [0.2, 0.25) is 0 Å². The second-order valence-corrected chi connectivity index (χ2v) is 7.81. The summed E-state index contributed by atoms with van der Waals surface area (Å²) in [5.41, 5.74) is 2.57. The number of piperidine rings is 1. The number of hydrogen-bond acceptors (Lipinski definition) is 4. The number of hydrogen-bond donors (Lipinski definition) is 1. The molecular weight excluding hydrogens is 316 g/mol. The van der Waals surface area contributed by atoms with E-state index in [1.165, 1.54) is 24.8 Å². The van der Waals surface area contributed by atoms with Crippen LogP contribution in [0, 0.1) is 0 Å². The zero-order valence-electron chi connectivity index (χ0n) is 13.9. The Balaban J connectivity index is 1.45. The van der Waals surface area contributed by atoms with Crippen LogP contribution < -0.4 is 10.1 Å². The fourth-order valence-corrected chi connectivity index (χ4v) is 4.23. The molecular formula is C20H22N2OS. The van der Waals surface area contributed by atoms with Gasteiger partial charge in [-0.3, -0.25) is 0 Å². The minimum Gasteiger partial charge on any atom is -0.431 e. The van der Waals surface area contributed by atoms with Crippen molar-refractivity contribution >= 4 is 21.6 Å². The van der Waals surface area contributed by atoms with E-state index < -0.39 is 0 Å². The van der Waals surface area contributed by atoms with Crippen molar-refractivity contribution in [1.29, 1.82) is 0 Å². The van der Waals surface area contributed by atoms with Gasteiger partial charge in [0.15, 0.2) is 0 Å². The fraction of sp³-hybridized carbons (Fsp3) is 0.350. The van der Waals surface area contributed by atoms with E-state index in [0.29, 0.717) is 5.19 Å². The van der Waals surface area contributed by atoms with Gasteiger partial charge in [0.25, 0.3) is 5.19 Å². The summed E-state index contributed by atoms with van der Waals surface area (Å²) in [6, 6.07) is 16.6. The first kappa shape index (κ1) is 15.6. The highest BCUT2D eigenvalue weighted by Crippen LogP contribution is 2.31. The summed E-state index contributed by atoms with van der Waals surface area (Å²) in [6.45, 7) is 3.47. The van der Waals surface area contributed by atoms with E-state index in [-0.39, 0.29) is 5.54 Å². The number of thiazole rings is 1. The summed E-state index contributed by atoms with van der Waals surface area (Å²) in [4.78, 5) is 4.52. The monoisotopic (exact) mass is 338 g/mol. The summed E-state index contributed by atoms with van der Waals surface area (Å²) in [6.07, 6.45) is 4.93. The molecule has 3 nitrogen and oxygen atoms in total. The molecule has 1 saturated heterocycles. The first-order valence-electron chi connectivity index (χ1n) is 8.58. The van der Waals surface area contributed by atoms with Crippen molar-refractivity contribution in [2.45, 2.75) is 38.1 Å². The number of rotatable bonds is 4. The first-order valence-corrected chi connectivity index (χ1v) is 9.39. The predicted octanol–water partition coefficient (Wildman–Crippen LogP) is 5.16. The van der Waals surface area contributed by atoms with Crippen LogP contribution in [-0.2, 0) is 6.42 Å². The number of nitrogens with one attached hydrogen (secondary N) is 1. The second kappa shape index (κ2) is 6.54. The highest BCUT2D eigenvalue weighted by Gasteiger charge is 2.26. The molecule has 0 saturated carbocycles. The first-order chi connectivity index (χ1) is 11.7. The molecule has 2 aromatic carbocycles. The lowest BCUT2D eigenvalue weighted by atomic mass is 9.85. The number of aromatic nitrogens is 1. The van der Waals surface area contributed by atoms with Gasteiger partial charge in [0.05, 0.1) is 10.2 Å². The topological polar surface area (TPSA) is 34.1 Å². The Labute approximate surface area is 146 Å². The van der Waals surface area contributed by atoms with E-state index >= 15 is 0 Å². The van der Waals surface area contributed by atoms with Crippen molar-refractivity contribution in [3.8, 4) is 10.9 Å². The quantitative estimate of drug-likeness (QED) is 0.713. The van der Waals surface area contributed by atoms with Gasteiger partial charge in [0.1, 0.15) is 5.75 Å². The van der Waals surface area contributed by atoms with Gasteiger partial charge in [0, 0.05) is 5.54 Å². The Hall–Kier alpha value is -1.91. The Kier molecular flexibility index (Phi) is 4.25. The van der Waals surface area contributed by atoms with Crippen LogP contribution in [0.3, 0.4) is 0 Å².